The molecule has 160 valence electrons. The molecule has 0 amide bonds. The van der Waals surface area contributed by atoms with E-state index < -0.39 is 0 Å². The van der Waals surface area contributed by atoms with Gasteiger partial charge in [0.05, 0.1) is 0 Å². The van der Waals surface area contributed by atoms with Gasteiger partial charge in [-0.3, -0.25) is 0 Å². The van der Waals surface area contributed by atoms with Crippen LogP contribution in [0.1, 0.15) is 62.8 Å². The molecule has 0 saturated carbocycles. The topological polar surface area (TPSA) is 30.5 Å². The molecule has 0 fully saturated rings. The summed E-state index contributed by atoms with van der Waals surface area (Å²) >= 11 is 0. The molecule has 0 saturated heterocycles. The van der Waals surface area contributed by atoms with Gasteiger partial charge in [0.2, 0.25) is 0 Å². The molecule has 0 radical (unpaired) electrons. The Morgan fingerprint density at radius 2 is 1.79 bits per heavy atom. The van der Waals surface area contributed by atoms with Crippen LogP contribution in [0.15, 0.2) is 36.4 Å². The maximum atomic E-state index is 6.00. The maximum Gasteiger partial charge on any atom is 0.188 e. The van der Waals surface area contributed by atoms with E-state index in [1.807, 2.05) is 0 Å². The highest BCUT2D eigenvalue weighted by Crippen LogP contribution is 2.51. The Hall–Kier alpha value is -1.41. The lowest BCUT2D eigenvalue weighted by atomic mass is 9.90. The minimum atomic E-state index is 0.0494. The van der Waals surface area contributed by atoms with Gasteiger partial charge in [-0.05, 0) is 49.2 Å². The highest BCUT2D eigenvalue weighted by molar-refractivity contribution is 7.48. The van der Waals surface area contributed by atoms with E-state index in [4.69, 9.17) is 9.47 Å². The number of aryl methyl sites for hydroxylation is 2. The fraction of sp³-hybridized carbons (Fsp3) is 0.520. The van der Waals surface area contributed by atoms with E-state index in [9.17, 15) is 0 Å². The monoisotopic (exact) mass is 415 g/mol. The SMILES string of the molecule is CCC(CC)(Pc1c(C)cccc1CNC(C)C)c1cc(C)ccc1OCOC. The molecule has 1 unspecified atom stereocenters. The highest BCUT2D eigenvalue weighted by atomic mass is 31.1. The zero-order valence-corrected chi connectivity index (χ0v) is 20.2. The quantitative estimate of drug-likeness (QED) is 0.371. The van der Waals surface area contributed by atoms with Gasteiger partial charge in [-0.2, -0.15) is 0 Å². The summed E-state index contributed by atoms with van der Waals surface area (Å²) in [6.45, 7) is 14.6. The number of hydrogen-bond donors (Lipinski definition) is 1. The predicted molar refractivity (Wildman–Crippen MR) is 127 cm³/mol. The Morgan fingerprint density at radius 3 is 2.41 bits per heavy atom. The molecule has 0 aliphatic rings. The van der Waals surface area contributed by atoms with Crippen molar-refractivity contribution >= 4 is 13.9 Å². The van der Waals surface area contributed by atoms with Crippen molar-refractivity contribution in [1.82, 2.24) is 5.32 Å². The summed E-state index contributed by atoms with van der Waals surface area (Å²) in [5, 5.41) is 5.14. The molecule has 1 N–H and O–H groups in total. The summed E-state index contributed by atoms with van der Waals surface area (Å²) in [6.07, 6.45) is 2.14. The molecule has 0 bridgehead atoms. The Morgan fingerprint density at radius 1 is 1.07 bits per heavy atom. The van der Waals surface area contributed by atoms with Gasteiger partial charge < -0.3 is 14.8 Å². The third kappa shape index (κ3) is 6.04. The van der Waals surface area contributed by atoms with Gasteiger partial charge in [0, 0.05) is 30.4 Å². The Labute approximate surface area is 179 Å². The fourth-order valence-electron chi connectivity index (χ4n) is 3.75. The van der Waals surface area contributed by atoms with Crippen LogP contribution < -0.4 is 15.4 Å². The number of nitrogens with one attached hydrogen (secondary N) is 1. The van der Waals surface area contributed by atoms with Crippen molar-refractivity contribution in [3.05, 3.63) is 58.7 Å². The van der Waals surface area contributed by atoms with Crippen LogP contribution >= 0.6 is 8.58 Å². The Balaban J connectivity index is 2.52. The average Bonchev–Trinajstić information content (AvgIpc) is 2.71. The second kappa shape index (κ2) is 11.1. The van der Waals surface area contributed by atoms with E-state index in [0.29, 0.717) is 14.6 Å². The summed E-state index contributed by atoms with van der Waals surface area (Å²) in [7, 11) is 2.35. The van der Waals surface area contributed by atoms with Gasteiger partial charge in [0.25, 0.3) is 0 Å². The van der Waals surface area contributed by atoms with Gasteiger partial charge in [0.15, 0.2) is 6.79 Å². The summed E-state index contributed by atoms with van der Waals surface area (Å²) in [5.74, 6) is 0.948. The van der Waals surface area contributed by atoms with Crippen LogP contribution in [0.5, 0.6) is 5.75 Å². The fourth-order valence-corrected chi connectivity index (χ4v) is 5.52. The molecule has 0 aliphatic heterocycles. The molecule has 4 heteroatoms. The maximum absolute atomic E-state index is 6.00. The average molecular weight is 416 g/mol. The van der Waals surface area contributed by atoms with Gasteiger partial charge in [0.1, 0.15) is 5.75 Å². The predicted octanol–water partition coefficient (Wildman–Crippen LogP) is 5.80. The standard InChI is InChI=1S/C25H38NO2P/c1-8-25(9-2,22-15-19(5)13-14-23(22)28-17-27-7)29-24-20(6)11-10-12-21(24)16-26-18(3)4/h10-15,18,26,29H,8-9,16-17H2,1-7H3. The van der Waals surface area contributed by atoms with Crippen molar-refractivity contribution < 1.29 is 9.47 Å². The molecule has 2 rings (SSSR count). The number of methoxy groups -OCH3 is 1. The molecule has 0 aromatic heterocycles. The normalized spacial score (nSPS) is 12.3. The van der Waals surface area contributed by atoms with Crippen LogP contribution in [0.2, 0.25) is 0 Å². The van der Waals surface area contributed by atoms with E-state index in [1.54, 1.807) is 7.11 Å². The van der Waals surface area contributed by atoms with E-state index in [0.717, 1.165) is 25.1 Å². The number of hydrogen-bond acceptors (Lipinski definition) is 3. The zero-order valence-electron chi connectivity index (χ0n) is 19.2. The van der Waals surface area contributed by atoms with Crippen LogP contribution in [0.3, 0.4) is 0 Å². The molecular weight excluding hydrogens is 377 g/mol. The summed E-state index contributed by atoms with van der Waals surface area (Å²) in [6, 6.07) is 13.7. The number of rotatable bonds is 11. The van der Waals surface area contributed by atoms with Crippen LogP contribution in [0.25, 0.3) is 0 Å². The lowest BCUT2D eigenvalue weighted by Crippen LogP contribution is -2.28. The number of benzene rings is 2. The second-order valence-electron chi connectivity index (χ2n) is 8.11. The first-order valence-corrected chi connectivity index (χ1v) is 11.7. The first-order valence-electron chi connectivity index (χ1n) is 10.7. The third-order valence-corrected chi connectivity index (χ3v) is 8.03. The summed E-state index contributed by atoms with van der Waals surface area (Å²) in [5.41, 5.74) is 5.37. The van der Waals surface area contributed by atoms with Gasteiger partial charge in [-0.25, -0.2) is 0 Å². The van der Waals surface area contributed by atoms with Crippen molar-refractivity contribution in [1.29, 1.82) is 0 Å². The van der Waals surface area contributed by atoms with E-state index in [1.165, 1.54) is 27.6 Å². The Kier molecular flexibility index (Phi) is 9.14. The van der Waals surface area contributed by atoms with Crippen LogP contribution in [0, 0.1) is 13.8 Å². The van der Waals surface area contributed by atoms with Crippen LogP contribution in [-0.2, 0) is 16.4 Å². The van der Waals surface area contributed by atoms with E-state index >= 15 is 0 Å². The molecule has 0 aliphatic carbocycles. The van der Waals surface area contributed by atoms with Crippen molar-refractivity contribution in [2.75, 3.05) is 13.9 Å². The number of ether oxygens (including phenoxy) is 2. The molecule has 2 aromatic rings. The van der Waals surface area contributed by atoms with E-state index in [2.05, 4.69) is 83.3 Å². The minimum Gasteiger partial charge on any atom is -0.467 e. The lowest BCUT2D eigenvalue weighted by molar-refractivity contribution is 0.0499. The van der Waals surface area contributed by atoms with Gasteiger partial charge in [-0.1, -0.05) is 72.2 Å². The molecular formula is C25H38NO2P. The minimum absolute atomic E-state index is 0.0494. The first kappa shape index (κ1) is 23.9. The summed E-state index contributed by atoms with van der Waals surface area (Å²) in [4.78, 5) is 0. The molecule has 1 atom stereocenters. The van der Waals surface area contributed by atoms with Crippen molar-refractivity contribution in [3.8, 4) is 5.75 Å². The lowest BCUT2D eigenvalue weighted by Gasteiger charge is -2.35. The zero-order chi connectivity index (χ0) is 21.4. The van der Waals surface area contributed by atoms with Gasteiger partial charge >= 0.3 is 0 Å². The first-order chi connectivity index (χ1) is 13.9. The Bertz CT molecular complexity index is 784. The van der Waals surface area contributed by atoms with Crippen molar-refractivity contribution in [2.24, 2.45) is 0 Å². The largest absolute Gasteiger partial charge is 0.467 e. The third-order valence-electron chi connectivity index (χ3n) is 5.61. The second-order valence-corrected chi connectivity index (χ2v) is 9.82. The smallest absolute Gasteiger partial charge is 0.188 e. The molecule has 0 spiro atoms. The highest BCUT2D eigenvalue weighted by Gasteiger charge is 2.33. The van der Waals surface area contributed by atoms with Crippen molar-refractivity contribution in [2.45, 2.75) is 72.1 Å². The molecule has 0 heterocycles. The summed E-state index contributed by atoms with van der Waals surface area (Å²) < 4.78 is 11.2. The van der Waals surface area contributed by atoms with E-state index in [-0.39, 0.29) is 11.9 Å². The van der Waals surface area contributed by atoms with Crippen LogP contribution in [0.4, 0.5) is 0 Å². The van der Waals surface area contributed by atoms with Gasteiger partial charge in [-0.15, -0.1) is 0 Å². The van der Waals surface area contributed by atoms with Crippen LogP contribution in [-0.4, -0.2) is 19.9 Å². The molecule has 29 heavy (non-hydrogen) atoms. The molecule has 2 aromatic carbocycles. The van der Waals surface area contributed by atoms with Crippen molar-refractivity contribution in [3.63, 3.8) is 0 Å². The molecule has 3 nitrogen and oxygen atoms in total.